The van der Waals surface area contributed by atoms with Gasteiger partial charge in [-0.3, -0.25) is 0 Å². The molecule has 98 valence electrons. The topological polar surface area (TPSA) is 25.4 Å². The molecule has 3 nitrogen and oxygen atoms in total. The van der Waals surface area contributed by atoms with E-state index in [0.29, 0.717) is 13.2 Å². The maximum Gasteiger partial charge on any atom is 0.172 e. The number of benzene rings is 1. The fraction of sp³-hybridized carbons (Fsp3) is 0.214. The molecule has 0 fully saturated rings. The van der Waals surface area contributed by atoms with Crippen LogP contribution in [0.5, 0.6) is 5.75 Å². The molecule has 1 aromatic carbocycles. The van der Waals surface area contributed by atoms with Crippen LogP contribution < -0.4 is 9.64 Å². The minimum Gasteiger partial charge on any atom is -0.488 e. The fourth-order valence-electron chi connectivity index (χ4n) is 2.09. The maximum absolute atomic E-state index is 12.9. The predicted octanol–water partition coefficient (Wildman–Crippen LogP) is 3.38. The Morgan fingerprint density at radius 3 is 2.79 bits per heavy atom. The number of hydrogen-bond donors (Lipinski definition) is 0. The van der Waals surface area contributed by atoms with Crippen molar-refractivity contribution in [1.29, 1.82) is 0 Å². The summed E-state index contributed by atoms with van der Waals surface area (Å²) in [5.74, 6) is 1.40. The molecule has 2 aromatic rings. The average Bonchev–Trinajstić information content (AvgIpc) is 2.42. The lowest BCUT2D eigenvalue weighted by Crippen LogP contribution is -2.33. The molecule has 0 radical (unpaired) electrons. The molecule has 5 heteroatoms. The Kier molecular flexibility index (Phi) is 3.38. The lowest BCUT2D eigenvalue weighted by Gasteiger charge is -2.30. The van der Waals surface area contributed by atoms with E-state index in [-0.39, 0.29) is 5.82 Å². The highest BCUT2D eigenvalue weighted by atomic mass is 79.9. The minimum absolute atomic E-state index is 0.216. The van der Waals surface area contributed by atoms with Crippen LogP contribution in [0.2, 0.25) is 0 Å². The SMILES string of the molecule is Fc1ccc(CN2CCOc3ccc(Br)nc32)cc1. The van der Waals surface area contributed by atoms with Gasteiger partial charge < -0.3 is 9.64 Å². The van der Waals surface area contributed by atoms with Gasteiger partial charge in [-0.25, -0.2) is 9.37 Å². The summed E-state index contributed by atoms with van der Waals surface area (Å²) in [5.41, 5.74) is 1.05. The van der Waals surface area contributed by atoms with E-state index in [2.05, 4.69) is 25.8 Å². The van der Waals surface area contributed by atoms with Crippen LogP contribution in [0.25, 0.3) is 0 Å². The Morgan fingerprint density at radius 1 is 1.21 bits per heavy atom. The molecule has 0 bridgehead atoms. The summed E-state index contributed by atoms with van der Waals surface area (Å²) in [4.78, 5) is 6.59. The van der Waals surface area contributed by atoms with E-state index in [9.17, 15) is 4.39 Å². The first-order chi connectivity index (χ1) is 9.22. The number of rotatable bonds is 2. The lowest BCUT2D eigenvalue weighted by molar-refractivity contribution is 0.304. The summed E-state index contributed by atoms with van der Waals surface area (Å²) < 4.78 is 19.3. The van der Waals surface area contributed by atoms with Crippen LogP contribution in [-0.2, 0) is 6.54 Å². The van der Waals surface area contributed by atoms with E-state index in [1.54, 1.807) is 12.1 Å². The molecule has 0 spiro atoms. The van der Waals surface area contributed by atoms with Gasteiger partial charge in [-0.15, -0.1) is 0 Å². The first-order valence-corrected chi connectivity index (χ1v) is 6.80. The van der Waals surface area contributed by atoms with Crippen LogP contribution in [-0.4, -0.2) is 18.1 Å². The van der Waals surface area contributed by atoms with Crippen LogP contribution in [0, 0.1) is 5.82 Å². The van der Waals surface area contributed by atoms with E-state index in [1.807, 2.05) is 12.1 Å². The van der Waals surface area contributed by atoms with Gasteiger partial charge in [-0.05, 0) is 45.8 Å². The first kappa shape index (κ1) is 12.4. The summed E-state index contributed by atoms with van der Waals surface area (Å²) in [6.45, 7) is 2.10. The van der Waals surface area contributed by atoms with Crippen molar-refractivity contribution >= 4 is 21.7 Å². The monoisotopic (exact) mass is 322 g/mol. The third-order valence-corrected chi connectivity index (χ3v) is 3.45. The van der Waals surface area contributed by atoms with Crippen molar-refractivity contribution in [3.63, 3.8) is 0 Å². The first-order valence-electron chi connectivity index (χ1n) is 6.01. The Morgan fingerprint density at radius 2 is 2.00 bits per heavy atom. The van der Waals surface area contributed by atoms with Crippen molar-refractivity contribution < 1.29 is 9.13 Å². The molecular weight excluding hydrogens is 311 g/mol. The van der Waals surface area contributed by atoms with Crippen LogP contribution in [0.3, 0.4) is 0 Å². The predicted molar refractivity (Wildman–Crippen MR) is 74.9 cm³/mol. The van der Waals surface area contributed by atoms with Gasteiger partial charge in [0.05, 0.1) is 6.54 Å². The molecule has 1 aromatic heterocycles. The highest BCUT2D eigenvalue weighted by Gasteiger charge is 2.19. The Labute approximate surface area is 119 Å². The maximum atomic E-state index is 12.9. The van der Waals surface area contributed by atoms with Crippen molar-refractivity contribution in [2.75, 3.05) is 18.1 Å². The number of hydrogen-bond acceptors (Lipinski definition) is 3. The summed E-state index contributed by atoms with van der Waals surface area (Å²) >= 11 is 3.37. The van der Waals surface area contributed by atoms with Crippen molar-refractivity contribution in [2.45, 2.75) is 6.54 Å². The zero-order valence-corrected chi connectivity index (χ0v) is 11.7. The molecule has 0 N–H and O–H groups in total. The second kappa shape index (κ2) is 5.17. The molecule has 0 amide bonds. The van der Waals surface area contributed by atoms with Crippen molar-refractivity contribution in [3.8, 4) is 5.75 Å². The normalized spacial score (nSPS) is 13.9. The van der Waals surface area contributed by atoms with Gasteiger partial charge in [-0.2, -0.15) is 0 Å². The minimum atomic E-state index is -0.216. The molecule has 19 heavy (non-hydrogen) atoms. The summed E-state index contributed by atoms with van der Waals surface area (Å²) in [6.07, 6.45) is 0. The molecule has 2 heterocycles. The quantitative estimate of drug-likeness (QED) is 0.792. The number of pyridine rings is 1. The smallest absolute Gasteiger partial charge is 0.172 e. The van der Waals surface area contributed by atoms with Gasteiger partial charge in [0.1, 0.15) is 17.0 Å². The van der Waals surface area contributed by atoms with E-state index < -0.39 is 0 Å². The number of halogens is 2. The molecular formula is C14H12BrFN2O. The van der Waals surface area contributed by atoms with Gasteiger partial charge in [0.15, 0.2) is 11.6 Å². The molecule has 0 saturated carbocycles. The van der Waals surface area contributed by atoms with E-state index in [1.165, 1.54) is 12.1 Å². The Hall–Kier alpha value is -1.62. The molecule has 0 atom stereocenters. The summed E-state index contributed by atoms with van der Waals surface area (Å²) in [5, 5.41) is 0. The number of fused-ring (bicyclic) bond motifs is 1. The highest BCUT2D eigenvalue weighted by Crippen LogP contribution is 2.31. The molecule has 0 aliphatic carbocycles. The van der Waals surface area contributed by atoms with E-state index >= 15 is 0 Å². The molecule has 3 rings (SSSR count). The Balaban J connectivity index is 1.87. The second-order valence-corrected chi connectivity index (χ2v) is 5.16. The van der Waals surface area contributed by atoms with Gasteiger partial charge in [0.2, 0.25) is 0 Å². The van der Waals surface area contributed by atoms with E-state index in [4.69, 9.17) is 4.74 Å². The van der Waals surface area contributed by atoms with E-state index in [0.717, 1.165) is 28.3 Å². The highest BCUT2D eigenvalue weighted by molar-refractivity contribution is 9.10. The van der Waals surface area contributed by atoms with Crippen LogP contribution in [0.4, 0.5) is 10.2 Å². The zero-order chi connectivity index (χ0) is 13.2. The largest absolute Gasteiger partial charge is 0.488 e. The van der Waals surface area contributed by atoms with Gasteiger partial charge in [0, 0.05) is 6.54 Å². The lowest BCUT2D eigenvalue weighted by atomic mass is 10.2. The number of aromatic nitrogens is 1. The van der Waals surface area contributed by atoms with Gasteiger partial charge in [-0.1, -0.05) is 12.1 Å². The second-order valence-electron chi connectivity index (χ2n) is 4.35. The zero-order valence-electron chi connectivity index (χ0n) is 10.1. The molecule has 0 unspecified atom stereocenters. The third kappa shape index (κ3) is 2.71. The molecule has 1 aliphatic rings. The molecule has 1 aliphatic heterocycles. The third-order valence-electron chi connectivity index (χ3n) is 3.01. The standard InChI is InChI=1S/C14H12BrFN2O/c15-13-6-5-12-14(17-13)18(7-8-19-12)9-10-1-3-11(16)4-2-10/h1-6H,7-9H2. The van der Waals surface area contributed by atoms with Crippen molar-refractivity contribution in [2.24, 2.45) is 0 Å². The summed E-state index contributed by atoms with van der Waals surface area (Å²) in [7, 11) is 0. The van der Waals surface area contributed by atoms with Crippen LogP contribution >= 0.6 is 15.9 Å². The van der Waals surface area contributed by atoms with Gasteiger partial charge in [0.25, 0.3) is 0 Å². The van der Waals surface area contributed by atoms with Crippen LogP contribution in [0.15, 0.2) is 41.0 Å². The van der Waals surface area contributed by atoms with Crippen LogP contribution in [0.1, 0.15) is 5.56 Å². The molecule has 0 saturated heterocycles. The fourth-order valence-corrected chi connectivity index (χ4v) is 2.39. The van der Waals surface area contributed by atoms with Gasteiger partial charge >= 0.3 is 0 Å². The van der Waals surface area contributed by atoms with Crippen molar-refractivity contribution in [1.82, 2.24) is 4.98 Å². The number of nitrogens with zero attached hydrogens (tertiary/aromatic N) is 2. The Bertz CT molecular complexity index is 588. The number of anilines is 1. The summed E-state index contributed by atoms with van der Waals surface area (Å²) in [6, 6.07) is 10.3. The average molecular weight is 323 g/mol. The number of ether oxygens (including phenoxy) is 1. The van der Waals surface area contributed by atoms with Crippen molar-refractivity contribution in [3.05, 3.63) is 52.4 Å².